The third-order valence-corrected chi connectivity index (χ3v) is 6.85. The Hall–Kier alpha value is -1.37. The molecule has 2 N–H and O–H groups in total. The predicted molar refractivity (Wildman–Crippen MR) is 96.5 cm³/mol. The Labute approximate surface area is 144 Å². The second-order valence-electron chi connectivity index (χ2n) is 6.52. The summed E-state index contributed by atoms with van der Waals surface area (Å²) in [6, 6.07) is 4.74. The molecule has 0 spiro atoms. The third kappa shape index (κ3) is 2.58. The minimum Gasteiger partial charge on any atom is -0.352 e. The van der Waals surface area contributed by atoms with E-state index < -0.39 is 0 Å². The summed E-state index contributed by atoms with van der Waals surface area (Å²) < 4.78 is 0. The molecule has 0 saturated heterocycles. The highest BCUT2D eigenvalue weighted by molar-refractivity contribution is 7.17. The number of rotatable bonds is 2. The van der Waals surface area contributed by atoms with Crippen LogP contribution in [0.2, 0.25) is 0 Å². The van der Waals surface area contributed by atoms with Crippen molar-refractivity contribution in [1.29, 1.82) is 0 Å². The Balaban J connectivity index is 1.66. The summed E-state index contributed by atoms with van der Waals surface area (Å²) >= 11 is 3.49. The lowest BCUT2D eigenvalue weighted by atomic mass is 10.0. The number of thiophene rings is 2. The van der Waals surface area contributed by atoms with Crippen LogP contribution in [0.4, 0.5) is 5.00 Å². The van der Waals surface area contributed by atoms with Gasteiger partial charge in [-0.3, -0.25) is 9.69 Å². The first-order valence-corrected chi connectivity index (χ1v) is 9.68. The molecule has 1 atom stereocenters. The number of nitrogens with one attached hydrogen (secondary N) is 2. The molecule has 122 valence electrons. The zero-order valence-electron chi connectivity index (χ0n) is 13.6. The Morgan fingerprint density at radius 2 is 2.09 bits per heavy atom. The molecule has 0 unspecified atom stereocenters. The summed E-state index contributed by atoms with van der Waals surface area (Å²) in [4.78, 5) is 18.9. The summed E-state index contributed by atoms with van der Waals surface area (Å²) in [5, 5.41) is 7.70. The van der Waals surface area contributed by atoms with Gasteiger partial charge in [0, 0.05) is 33.8 Å². The molecule has 4 rings (SSSR count). The van der Waals surface area contributed by atoms with Crippen molar-refractivity contribution in [2.75, 3.05) is 11.9 Å². The molecule has 0 bridgehead atoms. The van der Waals surface area contributed by atoms with Gasteiger partial charge in [0.05, 0.1) is 5.56 Å². The Bertz CT molecular complexity index is 762. The maximum absolute atomic E-state index is 12.7. The van der Waals surface area contributed by atoms with Crippen molar-refractivity contribution >= 4 is 33.6 Å². The zero-order chi connectivity index (χ0) is 16.1. The first-order valence-electron chi connectivity index (χ1n) is 8.05. The van der Waals surface area contributed by atoms with E-state index in [0.717, 1.165) is 35.0 Å². The molecular weight excluding hydrogens is 326 g/mol. The fourth-order valence-electron chi connectivity index (χ4n) is 3.33. The van der Waals surface area contributed by atoms with Crippen LogP contribution in [0.3, 0.4) is 0 Å². The molecule has 0 fully saturated rings. The predicted octanol–water partition coefficient (Wildman–Crippen LogP) is 3.74. The van der Waals surface area contributed by atoms with Gasteiger partial charge in [0.1, 0.15) is 11.2 Å². The molecule has 1 amide bonds. The third-order valence-electron chi connectivity index (χ3n) is 4.64. The van der Waals surface area contributed by atoms with Crippen molar-refractivity contribution in [3.8, 4) is 0 Å². The summed E-state index contributed by atoms with van der Waals surface area (Å²) in [7, 11) is 0. The number of carbonyl (C=O) groups is 1. The Morgan fingerprint density at radius 1 is 1.26 bits per heavy atom. The SMILES string of the molecule is Cc1ccc([C@H]2NC(=O)c3c(sc4c3CCN(C(C)C)C4)N2)s1. The van der Waals surface area contributed by atoms with Crippen molar-refractivity contribution in [3.63, 3.8) is 0 Å². The molecule has 0 aliphatic carbocycles. The quantitative estimate of drug-likeness (QED) is 0.870. The van der Waals surface area contributed by atoms with E-state index in [-0.39, 0.29) is 12.1 Å². The highest BCUT2D eigenvalue weighted by Crippen LogP contribution is 2.41. The number of hydrogen-bond donors (Lipinski definition) is 2. The van der Waals surface area contributed by atoms with Crippen LogP contribution in [-0.4, -0.2) is 23.4 Å². The van der Waals surface area contributed by atoms with E-state index in [1.807, 2.05) is 0 Å². The molecule has 2 aliphatic heterocycles. The normalized spacial score (nSPS) is 20.9. The van der Waals surface area contributed by atoms with Gasteiger partial charge in [-0.05, 0) is 44.9 Å². The standard InChI is InChI=1S/C17H21N3OS2/c1-9(2)20-7-6-11-13(8-20)23-17-14(11)16(21)18-15(19-17)12-5-4-10(3)22-12/h4-5,9,15,19H,6-8H2,1-3H3,(H,18,21)/t15-/m0/s1. The summed E-state index contributed by atoms with van der Waals surface area (Å²) in [5.74, 6) is 0.0744. The molecular formula is C17H21N3OS2. The minimum absolute atomic E-state index is 0.0744. The van der Waals surface area contributed by atoms with Crippen LogP contribution < -0.4 is 10.6 Å². The Morgan fingerprint density at radius 3 is 2.78 bits per heavy atom. The maximum atomic E-state index is 12.7. The molecule has 4 heterocycles. The smallest absolute Gasteiger partial charge is 0.256 e. The molecule has 0 aromatic carbocycles. The average Bonchev–Trinajstić information content (AvgIpc) is 3.09. The zero-order valence-corrected chi connectivity index (χ0v) is 15.2. The topological polar surface area (TPSA) is 44.4 Å². The van der Waals surface area contributed by atoms with E-state index in [4.69, 9.17) is 0 Å². The van der Waals surface area contributed by atoms with Gasteiger partial charge in [0.25, 0.3) is 5.91 Å². The van der Waals surface area contributed by atoms with Gasteiger partial charge < -0.3 is 10.6 Å². The molecule has 6 heteroatoms. The van der Waals surface area contributed by atoms with E-state index in [1.165, 1.54) is 15.3 Å². The number of fused-ring (bicyclic) bond motifs is 3. The lowest BCUT2D eigenvalue weighted by Crippen LogP contribution is -2.39. The highest BCUT2D eigenvalue weighted by Gasteiger charge is 2.33. The second kappa shape index (κ2) is 5.61. The minimum atomic E-state index is -0.102. The molecule has 0 radical (unpaired) electrons. The highest BCUT2D eigenvalue weighted by atomic mass is 32.1. The van der Waals surface area contributed by atoms with Gasteiger partial charge in [-0.25, -0.2) is 0 Å². The molecule has 2 aromatic rings. The van der Waals surface area contributed by atoms with Crippen LogP contribution in [0.15, 0.2) is 12.1 Å². The van der Waals surface area contributed by atoms with Crippen LogP contribution in [0.25, 0.3) is 0 Å². The van der Waals surface area contributed by atoms with Gasteiger partial charge in [-0.15, -0.1) is 22.7 Å². The number of hydrogen-bond acceptors (Lipinski definition) is 5. The van der Waals surface area contributed by atoms with Crippen LogP contribution in [0.5, 0.6) is 0 Å². The molecule has 2 aliphatic rings. The maximum Gasteiger partial charge on any atom is 0.256 e. The average molecular weight is 348 g/mol. The van der Waals surface area contributed by atoms with Crippen molar-refractivity contribution in [2.24, 2.45) is 0 Å². The van der Waals surface area contributed by atoms with E-state index in [1.54, 1.807) is 22.7 Å². The number of nitrogens with zero attached hydrogens (tertiary/aromatic N) is 1. The van der Waals surface area contributed by atoms with E-state index in [0.29, 0.717) is 6.04 Å². The number of carbonyl (C=O) groups excluding carboxylic acids is 1. The van der Waals surface area contributed by atoms with Gasteiger partial charge in [0.15, 0.2) is 0 Å². The largest absolute Gasteiger partial charge is 0.352 e. The first-order chi connectivity index (χ1) is 11.0. The fraction of sp³-hybridized carbons (Fsp3) is 0.471. The lowest BCUT2D eigenvalue weighted by molar-refractivity contribution is 0.0935. The van der Waals surface area contributed by atoms with Crippen molar-refractivity contribution in [1.82, 2.24) is 10.2 Å². The van der Waals surface area contributed by atoms with E-state index in [2.05, 4.69) is 48.4 Å². The van der Waals surface area contributed by atoms with Crippen molar-refractivity contribution in [2.45, 2.75) is 45.9 Å². The van der Waals surface area contributed by atoms with Crippen LogP contribution in [0, 0.1) is 6.92 Å². The van der Waals surface area contributed by atoms with E-state index >= 15 is 0 Å². The lowest BCUT2D eigenvalue weighted by Gasteiger charge is -2.30. The number of anilines is 1. The number of amides is 1. The fourth-order valence-corrected chi connectivity index (χ4v) is 5.51. The van der Waals surface area contributed by atoms with E-state index in [9.17, 15) is 4.79 Å². The molecule has 0 saturated carbocycles. The van der Waals surface area contributed by atoms with Crippen molar-refractivity contribution < 1.29 is 4.79 Å². The monoisotopic (exact) mass is 347 g/mol. The summed E-state index contributed by atoms with van der Waals surface area (Å²) in [6.45, 7) is 8.56. The van der Waals surface area contributed by atoms with Gasteiger partial charge in [-0.1, -0.05) is 0 Å². The van der Waals surface area contributed by atoms with Crippen LogP contribution in [0.1, 0.15) is 50.6 Å². The molecule has 23 heavy (non-hydrogen) atoms. The summed E-state index contributed by atoms with van der Waals surface area (Å²) in [6.07, 6.45) is 0.868. The van der Waals surface area contributed by atoms with Crippen LogP contribution >= 0.6 is 22.7 Å². The van der Waals surface area contributed by atoms with Crippen LogP contribution in [-0.2, 0) is 13.0 Å². The first kappa shape index (κ1) is 15.2. The second-order valence-corrected chi connectivity index (χ2v) is 8.95. The molecule has 2 aromatic heterocycles. The summed E-state index contributed by atoms with van der Waals surface area (Å²) in [5.41, 5.74) is 2.14. The number of aryl methyl sites for hydroxylation is 1. The van der Waals surface area contributed by atoms with Gasteiger partial charge >= 0.3 is 0 Å². The van der Waals surface area contributed by atoms with Crippen molar-refractivity contribution in [3.05, 3.63) is 37.9 Å². The molecule has 4 nitrogen and oxygen atoms in total. The van der Waals surface area contributed by atoms with Gasteiger partial charge in [-0.2, -0.15) is 0 Å². The Kier molecular flexibility index (Phi) is 3.70. The van der Waals surface area contributed by atoms with Gasteiger partial charge in [0.2, 0.25) is 0 Å².